The number of ether oxygens (including phenoxy) is 4. The van der Waals surface area contributed by atoms with Crippen LogP contribution < -0.4 is 0 Å². The molecule has 0 aromatic rings. The van der Waals surface area contributed by atoms with Gasteiger partial charge in [-0.2, -0.15) is 8.42 Å². The molecule has 0 saturated carbocycles. The number of hydrogen-bond acceptors (Lipinski definition) is 11. The second-order valence-corrected chi connectivity index (χ2v) is 19.3. The van der Waals surface area contributed by atoms with Gasteiger partial charge in [-0.1, -0.05) is 192 Å². The molecule has 64 heavy (non-hydrogen) atoms. The van der Waals surface area contributed by atoms with E-state index in [4.69, 9.17) is 18.9 Å². The number of hydrogen-bond donors (Lipinski definition) is 4. The van der Waals surface area contributed by atoms with Gasteiger partial charge in [-0.3, -0.25) is 14.1 Å². The average Bonchev–Trinajstić information content (AvgIpc) is 3.26. The summed E-state index contributed by atoms with van der Waals surface area (Å²) >= 11 is 0. The summed E-state index contributed by atoms with van der Waals surface area (Å²) in [5.74, 6) is -2.02. The van der Waals surface area contributed by atoms with E-state index in [2.05, 4.69) is 50.3 Å². The minimum absolute atomic E-state index is 0.117. The van der Waals surface area contributed by atoms with Crippen molar-refractivity contribution >= 4 is 22.1 Å². The average molecular weight is 929 g/mol. The highest BCUT2D eigenvalue weighted by molar-refractivity contribution is 7.85. The van der Waals surface area contributed by atoms with Crippen LogP contribution in [-0.4, -0.2) is 96.0 Å². The molecule has 4 N–H and O–H groups in total. The first-order valence-electron chi connectivity index (χ1n) is 25.5. The second-order valence-electron chi connectivity index (χ2n) is 17.8. The highest BCUT2D eigenvalue weighted by Crippen LogP contribution is 2.24. The van der Waals surface area contributed by atoms with E-state index in [1.165, 1.54) is 128 Å². The Morgan fingerprint density at radius 3 is 1.42 bits per heavy atom. The van der Waals surface area contributed by atoms with Crippen molar-refractivity contribution in [1.82, 2.24) is 0 Å². The fourth-order valence-electron chi connectivity index (χ4n) is 7.74. The van der Waals surface area contributed by atoms with Crippen LogP contribution in [0.2, 0.25) is 0 Å². The number of allylic oxidation sites excluding steroid dienone is 6. The first kappa shape index (κ1) is 59.9. The number of esters is 2. The lowest BCUT2D eigenvalue weighted by Crippen LogP contribution is -2.60. The van der Waals surface area contributed by atoms with E-state index in [-0.39, 0.29) is 19.4 Å². The molecule has 6 atom stereocenters. The quantitative estimate of drug-likeness (QED) is 0.0196. The van der Waals surface area contributed by atoms with Crippen molar-refractivity contribution in [2.24, 2.45) is 0 Å². The fourth-order valence-corrected chi connectivity index (χ4v) is 8.43. The molecule has 1 aliphatic rings. The maximum Gasteiger partial charge on any atom is 0.306 e. The number of unbranched alkanes of at least 4 members (excludes halogenated alkanes) is 25. The molecule has 0 aliphatic carbocycles. The van der Waals surface area contributed by atoms with Gasteiger partial charge < -0.3 is 34.3 Å². The van der Waals surface area contributed by atoms with Gasteiger partial charge in [0, 0.05) is 12.8 Å². The van der Waals surface area contributed by atoms with Crippen LogP contribution in [0.4, 0.5) is 0 Å². The third kappa shape index (κ3) is 35.1. The highest BCUT2D eigenvalue weighted by Gasteiger charge is 2.46. The zero-order valence-corrected chi connectivity index (χ0v) is 41.0. The molecule has 0 aromatic heterocycles. The molecular formula is C51H92O12S. The Morgan fingerprint density at radius 2 is 0.938 bits per heavy atom. The third-order valence-corrected chi connectivity index (χ3v) is 12.5. The van der Waals surface area contributed by atoms with E-state index in [1.807, 2.05) is 0 Å². The standard InChI is InChI=1S/C51H92O12S/c1-3-5-7-9-11-13-15-17-19-20-21-22-23-24-26-27-29-31-33-35-37-39-46(52)60-41-44(42-61-51-50(56)49(55)48(54)45(63-51)43-64(57,58)59)62-47(53)40-38-36-34-32-30-28-25-18-16-14-12-10-8-6-4-2/h12,14,18,25,30,32,44-45,48-51,54-56H,3-11,13,15-17,19-24,26-29,31,33-43H2,1-2H3,(H,57,58,59)/b14-12+,25-18+,32-30+/t44-,45-,48-,49?,50?,51+/m1/s1. The minimum Gasteiger partial charge on any atom is -0.462 e. The van der Waals surface area contributed by atoms with Crippen molar-refractivity contribution in [2.75, 3.05) is 19.0 Å². The monoisotopic (exact) mass is 929 g/mol. The Kier molecular flexibility index (Phi) is 38.4. The summed E-state index contributed by atoms with van der Waals surface area (Å²) in [6.07, 6.45) is 39.1. The molecule has 0 spiro atoms. The van der Waals surface area contributed by atoms with E-state index in [9.17, 15) is 37.9 Å². The van der Waals surface area contributed by atoms with E-state index in [0.717, 1.165) is 51.4 Å². The van der Waals surface area contributed by atoms with E-state index in [0.29, 0.717) is 12.8 Å². The third-order valence-electron chi connectivity index (χ3n) is 11.7. The summed E-state index contributed by atoms with van der Waals surface area (Å²) in [4.78, 5) is 25.5. The number of rotatable bonds is 43. The Morgan fingerprint density at radius 1 is 0.531 bits per heavy atom. The van der Waals surface area contributed by atoms with Crippen LogP contribution in [0.15, 0.2) is 36.5 Å². The molecule has 0 aromatic carbocycles. The van der Waals surface area contributed by atoms with Crippen molar-refractivity contribution < 1.29 is 56.8 Å². The van der Waals surface area contributed by atoms with Gasteiger partial charge in [0.25, 0.3) is 10.1 Å². The number of aliphatic hydroxyl groups excluding tert-OH is 3. The molecule has 374 valence electrons. The SMILES string of the molecule is CCCCC/C=C/C/C=C/C/C=C/CCCCC(=O)O[C@H](COC(=O)CCCCCCCCCCCCCCCCCCCCCCC)CO[C@H]1O[C@H](CS(=O)(=O)O)[C@@H](O)C(O)C1O. The van der Waals surface area contributed by atoms with Crippen LogP contribution in [0.5, 0.6) is 0 Å². The summed E-state index contributed by atoms with van der Waals surface area (Å²) in [7, 11) is -4.61. The molecule has 0 amide bonds. The molecule has 1 heterocycles. The van der Waals surface area contributed by atoms with Gasteiger partial charge in [0.2, 0.25) is 0 Å². The summed E-state index contributed by atoms with van der Waals surface area (Å²) in [5, 5.41) is 30.9. The van der Waals surface area contributed by atoms with Gasteiger partial charge >= 0.3 is 11.9 Å². The van der Waals surface area contributed by atoms with Crippen molar-refractivity contribution in [3.05, 3.63) is 36.5 Å². The predicted octanol–water partition coefficient (Wildman–Crippen LogP) is 11.3. The van der Waals surface area contributed by atoms with Crippen molar-refractivity contribution in [2.45, 2.75) is 256 Å². The Labute approximate surface area is 389 Å². The molecular weight excluding hydrogens is 837 g/mol. The van der Waals surface area contributed by atoms with Gasteiger partial charge in [0.15, 0.2) is 12.4 Å². The molecule has 1 fully saturated rings. The Hall–Kier alpha value is -2.13. The summed E-state index contributed by atoms with van der Waals surface area (Å²) < 4.78 is 54.2. The zero-order valence-electron chi connectivity index (χ0n) is 40.1. The van der Waals surface area contributed by atoms with Gasteiger partial charge in [0.1, 0.15) is 36.8 Å². The van der Waals surface area contributed by atoms with E-state index >= 15 is 0 Å². The zero-order chi connectivity index (χ0) is 46.9. The molecule has 1 rings (SSSR count). The lowest BCUT2D eigenvalue weighted by atomic mass is 10.00. The minimum atomic E-state index is -4.61. The fraction of sp³-hybridized carbons (Fsp3) is 0.843. The summed E-state index contributed by atoms with van der Waals surface area (Å²) in [6, 6.07) is 0. The summed E-state index contributed by atoms with van der Waals surface area (Å²) in [5.41, 5.74) is 0. The van der Waals surface area contributed by atoms with Crippen molar-refractivity contribution in [3.63, 3.8) is 0 Å². The number of carbonyl (C=O) groups is 2. The normalized spacial score (nSPS) is 19.9. The first-order valence-corrected chi connectivity index (χ1v) is 27.2. The van der Waals surface area contributed by atoms with Crippen LogP contribution in [0.25, 0.3) is 0 Å². The van der Waals surface area contributed by atoms with Crippen molar-refractivity contribution in [1.29, 1.82) is 0 Å². The van der Waals surface area contributed by atoms with Crippen LogP contribution in [0, 0.1) is 0 Å². The molecule has 0 radical (unpaired) electrons. The Balaban J connectivity index is 2.37. The molecule has 13 heteroatoms. The topological polar surface area (TPSA) is 186 Å². The smallest absolute Gasteiger partial charge is 0.306 e. The molecule has 2 unspecified atom stereocenters. The lowest BCUT2D eigenvalue weighted by molar-refractivity contribution is -0.297. The first-order chi connectivity index (χ1) is 31.0. The second kappa shape index (κ2) is 41.1. The van der Waals surface area contributed by atoms with Crippen LogP contribution in [0.3, 0.4) is 0 Å². The van der Waals surface area contributed by atoms with Crippen LogP contribution in [0.1, 0.15) is 219 Å². The highest BCUT2D eigenvalue weighted by atomic mass is 32.2. The van der Waals surface area contributed by atoms with Gasteiger partial charge in [-0.25, -0.2) is 0 Å². The molecule has 0 bridgehead atoms. The maximum atomic E-state index is 12.8. The maximum absolute atomic E-state index is 12.8. The van der Waals surface area contributed by atoms with Gasteiger partial charge in [-0.05, 0) is 51.4 Å². The largest absolute Gasteiger partial charge is 0.462 e. The van der Waals surface area contributed by atoms with Crippen LogP contribution >= 0.6 is 0 Å². The number of aliphatic hydroxyl groups is 3. The van der Waals surface area contributed by atoms with Crippen LogP contribution in [-0.2, 0) is 38.7 Å². The van der Waals surface area contributed by atoms with E-state index in [1.54, 1.807) is 0 Å². The van der Waals surface area contributed by atoms with Gasteiger partial charge in [0.05, 0.1) is 6.61 Å². The van der Waals surface area contributed by atoms with Crippen molar-refractivity contribution in [3.8, 4) is 0 Å². The summed E-state index contributed by atoms with van der Waals surface area (Å²) in [6.45, 7) is 3.73. The Bertz CT molecular complexity index is 1320. The van der Waals surface area contributed by atoms with E-state index < -0.39 is 71.2 Å². The van der Waals surface area contributed by atoms with Gasteiger partial charge in [-0.15, -0.1) is 0 Å². The molecule has 1 aliphatic heterocycles. The lowest BCUT2D eigenvalue weighted by Gasteiger charge is -2.40. The predicted molar refractivity (Wildman–Crippen MR) is 256 cm³/mol. The molecule has 12 nitrogen and oxygen atoms in total. The molecule has 1 saturated heterocycles. The number of carbonyl (C=O) groups excluding carboxylic acids is 2.